The fraction of sp³-hybridized carbons (Fsp3) is 0.261. The van der Waals surface area contributed by atoms with Crippen molar-refractivity contribution in [1.82, 2.24) is 20.6 Å². The third-order valence-electron chi connectivity index (χ3n) is 5.42. The van der Waals surface area contributed by atoms with Gasteiger partial charge in [0.25, 0.3) is 5.91 Å². The van der Waals surface area contributed by atoms with E-state index in [1.807, 2.05) is 38.1 Å². The minimum absolute atomic E-state index is 0.0395. The number of hydrogen-bond donors (Lipinski definition) is 3. The average molecular weight is 404 g/mol. The molecule has 0 radical (unpaired) electrons. The summed E-state index contributed by atoms with van der Waals surface area (Å²) in [6.07, 6.45) is 3.95. The van der Waals surface area contributed by atoms with Crippen molar-refractivity contribution >= 4 is 33.6 Å². The summed E-state index contributed by atoms with van der Waals surface area (Å²) < 4.78 is 5.25. The Kier molecular flexibility index (Phi) is 5.52. The van der Waals surface area contributed by atoms with Crippen LogP contribution in [0.4, 0.5) is 0 Å². The monoisotopic (exact) mass is 404 g/mol. The molecule has 4 rings (SSSR count). The maximum absolute atomic E-state index is 12.9. The van der Waals surface area contributed by atoms with Gasteiger partial charge < -0.3 is 20.0 Å². The first-order valence-corrected chi connectivity index (χ1v) is 10.0. The summed E-state index contributed by atoms with van der Waals surface area (Å²) in [4.78, 5) is 33.3. The SMILES string of the molecule is CCC(C)C(NC(=O)c1cc2c(cn1)[nH]c1ccccc12)C(=O)NCc1ccco1. The van der Waals surface area contributed by atoms with Gasteiger partial charge in [0.05, 0.1) is 24.5 Å². The second-order valence-corrected chi connectivity index (χ2v) is 7.42. The molecule has 0 aliphatic rings. The van der Waals surface area contributed by atoms with Crippen molar-refractivity contribution in [2.24, 2.45) is 5.92 Å². The van der Waals surface area contributed by atoms with Crippen LogP contribution in [-0.2, 0) is 11.3 Å². The lowest BCUT2D eigenvalue weighted by Crippen LogP contribution is -2.50. The molecular weight excluding hydrogens is 380 g/mol. The molecule has 0 aliphatic heterocycles. The van der Waals surface area contributed by atoms with E-state index in [1.54, 1.807) is 30.7 Å². The molecule has 0 saturated heterocycles. The summed E-state index contributed by atoms with van der Waals surface area (Å²) in [5.41, 5.74) is 2.13. The Morgan fingerprint density at radius 2 is 1.97 bits per heavy atom. The van der Waals surface area contributed by atoms with Crippen LogP contribution >= 0.6 is 0 Å². The van der Waals surface area contributed by atoms with Crippen molar-refractivity contribution in [3.05, 3.63) is 66.4 Å². The number of H-pyrrole nitrogens is 1. The largest absolute Gasteiger partial charge is 0.467 e. The van der Waals surface area contributed by atoms with Crippen LogP contribution in [0.3, 0.4) is 0 Å². The van der Waals surface area contributed by atoms with E-state index in [0.29, 0.717) is 5.76 Å². The summed E-state index contributed by atoms with van der Waals surface area (Å²) in [6.45, 7) is 4.20. The molecule has 0 aliphatic carbocycles. The zero-order valence-electron chi connectivity index (χ0n) is 16.9. The molecule has 0 saturated carbocycles. The van der Waals surface area contributed by atoms with Crippen molar-refractivity contribution in [2.45, 2.75) is 32.9 Å². The molecular formula is C23H24N4O3. The Bertz CT molecular complexity index is 1180. The quantitative estimate of drug-likeness (QED) is 0.436. The third-order valence-corrected chi connectivity index (χ3v) is 5.42. The summed E-state index contributed by atoms with van der Waals surface area (Å²) in [5.74, 6) is -0.00527. The van der Waals surface area contributed by atoms with Crippen LogP contribution in [0.5, 0.6) is 0 Å². The molecule has 3 aromatic heterocycles. The Labute approximate surface area is 173 Å². The van der Waals surface area contributed by atoms with Crippen LogP contribution in [0.15, 0.2) is 59.3 Å². The fourth-order valence-electron chi connectivity index (χ4n) is 3.49. The number of nitrogens with one attached hydrogen (secondary N) is 3. The van der Waals surface area contributed by atoms with Crippen molar-refractivity contribution < 1.29 is 14.0 Å². The third kappa shape index (κ3) is 3.91. The Balaban J connectivity index is 1.54. The van der Waals surface area contributed by atoms with Gasteiger partial charge in [-0.1, -0.05) is 38.5 Å². The maximum Gasteiger partial charge on any atom is 0.270 e. The first kappa shape index (κ1) is 19.7. The maximum atomic E-state index is 12.9. The number of fused-ring (bicyclic) bond motifs is 3. The number of pyridine rings is 1. The van der Waals surface area contributed by atoms with Crippen molar-refractivity contribution in [3.8, 4) is 0 Å². The van der Waals surface area contributed by atoms with Gasteiger partial charge in [0.2, 0.25) is 5.91 Å². The lowest BCUT2D eigenvalue weighted by atomic mass is 9.98. The summed E-state index contributed by atoms with van der Waals surface area (Å²) in [6, 6.07) is 12.5. The van der Waals surface area contributed by atoms with Crippen LogP contribution in [0.25, 0.3) is 21.8 Å². The van der Waals surface area contributed by atoms with Gasteiger partial charge in [-0.15, -0.1) is 0 Å². The van der Waals surface area contributed by atoms with E-state index >= 15 is 0 Å². The molecule has 30 heavy (non-hydrogen) atoms. The minimum Gasteiger partial charge on any atom is -0.467 e. The topological polar surface area (TPSA) is 100 Å². The molecule has 2 amide bonds. The Hall–Kier alpha value is -3.61. The van der Waals surface area contributed by atoms with Crippen LogP contribution in [0.1, 0.15) is 36.5 Å². The predicted octanol–water partition coefficient (Wildman–Crippen LogP) is 3.77. The van der Waals surface area contributed by atoms with Crippen LogP contribution in [-0.4, -0.2) is 27.8 Å². The number of para-hydroxylation sites is 1. The highest BCUT2D eigenvalue weighted by Gasteiger charge is 2.27. The zero-order valence-corrected chi connectivity index (χ0v) is 16.9. The number of hydrogen-bond acceptors (Lipinski definition) is 4. The first-order chi connectivity index (χ1) is 14.6. The van der Waals surface area contributed by atoms with Gasteiger partial charge in [0.1, 0.15) is 17.5 Å². The van der Waals surface area contributed by atoms with E-state index in [1.165, 1.54) is 0 Å². The highest BCUT2D eigenvalue weighted by atomic mass is 16.3. The molecule has 3 heterocycles. The number of furan rings is 1. The molecule has 2 atom stereocenters. The molecule has 1 aromatic carbocycles. The number of benzene rings is 1. The summed E-state index contributed by atoms with van der Waals surface area (Å²) in [5, 5.41) is 7.65. The fourth-order valence-corrected chi connectivity index (χ4v) is 3.49. The number of aromatic amines is 1. The van der Waals surface area contributed by atoms with Gasteiger partial charge in [-0.05, 0) is 30.2 Å². The second kappa shape index (κ2) is 8.41. The number of aromatic nitrogens is 2. The lowest BCUT2D eigenvalue weighted by Gasteiger charge is -2.23. The average Bonchev–Trinajstić information content (AvgIpc) is 3.42. The number of amides is 2. The highest BCUT2D eigenvalue weighted by molar-refractivity contribution is 6.09. The molecule has 154 valence electrons. The molecule has 7 nitrogen and oxygen atoms in total. The zero-order chi connectivity index (χ0) is 21.1. The van der Waals surface area contributed by atoms with Crippen molar-refractivity contribution in [3.63, 3.8) is 0 Å². The first-order valence-electron chi connectivity index (χ1n) is 10.0. The van der Waals surface area contributed by atoms with Gasteiger partial charge in [0.15, 0.2) is 0 Å². The van der Waals surface area contributed by atoms with Crippen LogP contribution in [0.2, 0.25) is 0 Å². The van der Waals surface area contributed by atoms with Crippen LogP contribution in [0, 0.1) is 5.92 Å². The molecule has 2 unspecified atom stereocenters. The minimum atomic E-state index is -0.669. The predicted molar refractivity (Wildman–Crippen MR) is 115 cm³/mol. The molecule has 0 bridgehead atoms. The van der Waals surface area contributed by atoms with E-state index in [2.05, 4.69) is 20.6 Å². The van der Waals surface area contributed by atoms with Crippen molar-refractivity contribution in [2.75, 3.05) is 0 Å². The smallest absolute Gasteiger partial charge is 0.270 e. The summed E-state index contributed by atoms with van der Waals surface area (Å²) in [7, 11) is 0. The standard InChI is InChI=1S/C23H24N4O3/c1-3-14(2)21(23(29)25-12-15-7-6-10-30-15)27-22(28)19-11-17-16-8-4-5-9-18(16)26-20(17)13-24-19/h4-11,13-14,21,26H,3,12H2,1-2H3,(H,25,29)(H,27,28). The van der Waals surface area contributed by atoms with Gasteiger partial charge in [0, 0.05) is 16.3 Å². The number of carbonyl (C=O) groups is 2. The molecule has 3 N–H and O–H groups in total. The van der Waals surface area contributed by atoms with E-state index in [4.69, 9.17) is 4.42 Å². The van der Waals surface area contributed by atoms with Gasteiger partial charge in [-0.25, -0.2) is 4.98 Å². The highest BCUT2D eigenvalue weighted by Crippen LogP contribution is 2.25. The van der Waals surface area contributed by atoms with E-state index in [0.717, 1.165) is 28.2 Å². The number of carbonyl (C=O) groups excluding carboxylic acids is 2. The molecule has 0 spiro atoms. The second-order valence-electron chi connectivity index (χ2n) is 7.42. The molecule has 4 aromatic rings. The van der Waals surface area contributed by atoms with E-state index < -0.39 is 6.04 Å². The lowest BCUT2D eigenvalue weighted by molar-refractivity contribution is -0.124. The Morgan fingerprint density at radius 3 is 2.73 bits per heavy atom. The van der Waals surface area contributed by atoms with E-state index in [9.17, 15) is 9.59 Å². The van der Waals surface area contributed by atoms with Gasteiger partial charge in [-0.3, -0.25) is 9.59 Å². The van der Waals surface area contributed by atoms with E-state index in [-0.39, 0.29) is 30.0 Å². The number of nitrogens with zero attached hydrogens (tertiary/aromatic N) is 1. The van der Waals surface area contributed by atoms with Crippen LogP contribution < -0.4 is 10.6 Å². The molecule has 0 fully saturated rings. The summed E-state index contributed by atoms with van der Waals surface area (Å²) >= 11 is 0. The number of rotatable bonds is 7. The van der Waals surface area contributed by atoms with Crippen molar-refractivity contribution in [1.29, 1.82) is 0 Å². The Morgan fingerprint density at radius 1 is 1.13 bits per heavy atom. The van der Waals surface area contributed by atoms with Gasteiger partial charge >= 0.3 is 0 Å². The molecule has 7 heteroatoms. The van der Waals surface area contributed by atoms with Gasteiger partial charge in [-0.2, -0.15) is 0 Å². The normalized spacial score (nSPS) is 13.3.